The maximum absolute atomic E-state index is 5.75. The summed E-state index contributed by atoms with van der Waals surface area (Å²) in [6, 6.07) is 9.79. The number of ether oxygens (including phenoxy) is 2. The Morgan fingerprint density at radius 3 is 2.67 bits per heavy atom. The standard InChI is InChI=1S/C13H14BrNO2S/c1-16-12-6-9(7-15)2-4-11(12)17-8-10-3-5-13(14)18-10/h2-6H,7-8,15H2,1H3. The zero-order valence-corrected chi connectivity index (χ0v) is 12.4. The van der Waals surface area contributed by atoms with Crippen molar-refractivity contribution in [1.29, 1.82) is 0 Å². The molecule has 3 nitrogen and oxygen atoms in total. The molecule has 0 atom stereocenters. The summed E-state index contributed by atoms with van der Waals surface area (Å²) in [4.78, 5) is 1.16. The molecule has 0 saturated heterocycles. The van der Waals surface area contributed by atoms with E-state index in [1.165, 1.54) is 0 Å². The molecule has 2 rings (SSSR count). The van der Waals surface area contributed by atoms with Crippen molar-refractivity contribution in [2.75, 3.05) is 7.11 Å². The summed E-state index contributed by atoms with van der Waals surface area (Å²) in [5.41, 5.74) is 6.62. The van der Waals surface area contributed by atoms with Crippen molar-refractivity contribution < 1.29 is 9.47 Å². The molecule has 0 aliphatic rings. The summed E-state index contributed by atoms with van der Waals surface area (Å²) in [6.45, 7) is 1.03. The van der Waals surface area contributed by atoms with Crippen molar-refractivity contribution in [1.82, 2.24) is 0 Å². The molecule has 2 N–H and O–H groups in total. The zero-order chi connectivity index (χ0) is 13.0. The molecule has 0 radical (unpaired) electrons. The molecule has 5 heteroatoms. The Labute approximate surface area is 119 Å². The maximum atomic E-state index is 5.75. The van der Waals surface area contributed by atoms with Crippen LogP contribution in [-0.4, -0.2) is 7.11 Å². The second-order valence-electron chi connectivity index (χ2n) is 3.68. The Morgan fingerprint density at radius 1 is 1.22 bits per heavy atom. The van der Waals surface area contributed by atoms with Gasteiger partial charge in [-0.2, -0.15) is 0 Å². The van der Waals surface area contributed by atoms with Gasteiger partial charge in [0.15, 0.2) is 11.5 Å². The number of rotatable bonds is 5. The lowest BCUT2D eigenvalue weighted by Crippen LogP contribution is -1.99. The summed E-state index contributed by atoms with van der Waals surface area (Å²) in [5.74, 6) is 1.45. The van der Waals surface area contributed by atoms with E-state index < -0.39 is 0 Å². The largest absolute Gasteiger partial charge is 0.493 e. The van der Waals surface area contributed by atoms with E-state index in [2.05, 4.69) is 15.9 Å². The van der Waals surface area contributed by atoms with Crippen LogP contribution in [0.25, 0.3) is 0 Å². The molecule has 0 bridgehead atoms. The number of thiophene rings is 1. The van der Waals surface area contributed by atoms with E-state index in [1.54, 1.807) is 18.4 Å². The van der Waals surface area contributed by atoms with Gasteiger partial charge in [-0.25, -0.2) is 0 Å². The number of benzene rings is 1. The average Bonchev–Trinajstić information content (AvgIpc) is 2.82. The smallest absolute Gasteiger partial charge is 0.161 e. The monoisotopic (exact) mass is 327 g/mol. The fraction of sp³-hybridized carbons (Fsp3) is 0.231. The molecule has 2 aromatic rings. The maximum Gasteiger partial charge on any atom is 0.161 e. The number of hydrogen-bond donors (Lipinski definition) is 1. The van der Waals surface area contributed by atoms with Crippen molar-refractivity contribution in [2.45, 2.75) is 13.2 Å². The van der Waals surface area contributed by atoms with E-state index in [9.17, 15) is 0 Å². The number of halogens is 1. The fourth-order valence-electron chi connectivity index (χ4n) is 1.54. The Hall–Kier alpha value is -1.04. The van der Waals surface area contributed by atoms with Crippen molar-refractivity contribution >= 4 is 27.3 Å². The average molecular weight is 328 g/mol. The van der Waals surface area contributed by atoms with Crippen LogP contribution in [-0.2, 0) is 13.2 Å². The topological polar surface area (TPSA) is 44.5 Å². The third kappa shape index (κ3) is 3.25. The van der Waals surface area contributed by atoms with Gasteiger partial charge in [-0.15, -0.1) is 11.3 Å². The molecular formula is C13H14BrNO2S. The van der Waals surface area contributed by atoms with Crippen LogP contribution in [0, 0.1) is 0 Å². The highest BCUT2D eigenvalue weighted by Gasteiger charge is 2.06. The zero-order valence-electron chi connectivity index (χ0n) is 9.98. The van der Waals surface area contributed by atoms with Gasteiger partial charge >= 0.3 is 0 Å². The van der Waals surface area contributed by atoms with Gasteiger partial charge in [0.2, 0.25) is 0 Å². The van der Waals surface area contributed by atoms with Gasteiger partial charge in [-0.05, 0) is 45.8 Å². The molecule has 0 fully saturated rings. The SMILES string of the molecule is COc1cc(CN)ccc1OCc1ccc(Br)s1. The first kappa shape index (κ1) is 13.4. The lowest BCUT2D eigenvalue weighted by Gasteiger charge is -2.11. The van der Waals surface area contributed by atoms with Crippen LogP contribution in [0.15, 0.2) is 34.1 Å². The van der Waals surface area contributed by atoms with E-state index in [4.69, 9.17) is 15.2 Å². The molecule has 1 aromatic carbocycles. The summed E-state index contributed by atoms with van der Waals surface area (Å²) < 4.78 is 12.1. The van der Waals surface area contributed by atoms with Crippen LogP contribution < -0.4 is 15.2 Å². The van der Waals surface area contributed by atoms with Gasteiger partial charge in [0.1, 0.15) is 6.61 Å². The minimum atomic E-state index is 0.495. The highest BCUT2D eigenvalue weighted by atomic mass is 79.9. The van der Waals surface area contributed by atoms with Gasteiger partial charge < -0.3 is 15.2 Å². The van der Waals surface area contributed by atoms with E-state index in [0.29, 0.717) is 18.9 Å². The molecule has 0 spiro atoms. The van der Waals surface area contributed by atoms with Crippen LogP contribution in [0.2, 0.25) is 0 Å². The van der Waals surface area contributed by atoms with Crippen LogP contribution in [0.4, 0.5) is 0 Å². The fourth-order valence-corrected chi connectivity index (χ4v) is 2.93. The number of hydrogen-bond acceptors (Lipinski definition) is 4. The lowest BCUT2D eigenvalue weighted by atomic mass is 10.2. The van der Waals surface area contributed by atoms with Gasteiger partial charge in [-0.3, -0.25) is 0 Å². The summed E-state index contributed by atoms with van der Waals surface area (Å²) in [5, 5.41) is 0. The van der Waals surface area contributed by atoms with E-state index >= 15 is 0 Å². The first-order valence-corrected chi connectivity index (χ1v) is 7.08. The second-order valence-corrected chi connectivity index (χ2v) is 6.23. The Kier molecular flexibility index (Phi) is 4.63. The van der Waals surface area contributed by atoms with Gasteiger partial charge in [0.05, 0.1) is 10.9 Å². The quantitative estimate of drug-likeness (QED) is 0.913. The van der Waals surface area contributed by atoms with Gasteiger partial charge in [-0.1, -0.05) is 6.07 Å². The van der Waals surface area contributed by atoms with Gasteiger partial charge in [0, 0.05) is 11.4 Å². The second kappa shape index (κ2) is 6.22. The van der Waals surface area contributed by atoms with Crippen molar-refractivity contribution in [3.05, 3.63) is 44.6 Å². The van der Waals surface area contributed by atoms with Crippen LogP contribution in [0.1, 0.15) is 10.4 Å². The van der Waals surface area contributed by atoms with Crippen LogP contribution in [0.3, 0.4) is 0 Å². The van der Waals surface area contributed by atoms with E-state index in [0.717, 1.165) is 20.0 Å². The Balaban J connectivity index is 2.08. The summed E-state index contributed by atoms with van der Waals surface area (Å²) in [7, 11) is 1.63. The molecule has 0 saturated carbocycles. The van der Waals surface area contributed by atoms with E-state index in [1.807, 2.05) is 30.3 Å². The molecule has 0 aliphatic carbocycles. The Bertz CT molecular complexity index is 527. The first-order chi connectivity index (χ1) is 8.72. The van der Waals surface area contributed by atoms with Crippen molar-refractivity contribution in [3.8, 4) is 11.5 Å². The third-order valence-corrected chi connectivity index (χ3v) is 4.06. The molecule has 0 unspecified atom stereocenters. The van der Waals surface area contributed by atoms with Gasteiger partial charge in [0.25, 0.3) is 0 Å². The van der Waals surface area contributed by atoms with Crippen molar-refractivity contribution in [3.63, 3.8) is 0 Å². The normalized spacial score (nSPS) is 10.4. The molecule has 18 heavy (non-hydrogen) atoms. The highest BCUT2D eigenvalue weighted by Crippen LogP contribution is 2.30. The minimum absolute atomic E-state index is 0.495. The lowest BCUT2D eigenvalue weighted by molar-refractivity contribution is 0.287. The Morgan fingerprint density at radius 2 is 2.06 bits per heavy atom. The highest BCUT2D eigenvalue weighted by molar-refractivity contribution is 9.11. The molecule has 0 aliphatic heterocycles. The number of methoxy groups -OCH3 is 1. The van der Waals surface area contributed by atoms with E-state index in [-0.39, 0.29) is 0 Å². The molecule has 0 amide bonds. The molecular weight excluding hydrogens is 314 g/mol. The van der Waals surface area contributed by atoms with Crippen LogP contribution in [0.5, 0.6) is 11.5 Å². The molecule has 1 aromatic heterocycles. The predicted molar refractivity (Wildman–Crippen MR) is 77.2 cm³/mol. The number of nitrogens with two attached hydrogens (primary N) is 1. The predicted octanol–water partition coefficient (Wildman–Crippen LogP) is 3.56. The van der Waals surface area contributed by atoms with Crippen molar-refractivity contribution in [2.24, 2.45) is 5.73 Å². The summed E-state index contributed by atoms with van der Waals surface area (Å²) in [6.07, 6.45) is 0. The van der Waals surface area contributed by atoms with Crippen LogP contribution >= 0.6 is 27.3 Å². The molecule has 96 valence electrons. The minimum Gasteiger partial charge on any atom is -0.493 e. The summed E-state index contributed by atoms with van der Waals surface area (Å²) >= 11 is 5.09. The third-order valence-electron chi connectivity index (χ3n) is 2.46. The molecule has 1 heterocycles. The first-order valence-electron chi connectivity index (χ1n) is 5.47.